The van der Waals surface area contributed by atoms with Gasteiger partial charge in [-0.1, -0.05) is 66.7 Å². The maximum Gasteiger partial charge on any atom is 0.357 e. The number of carboxylic acid groups (broad SMARTS) is 1. The quantitative estimate of drug-likeness (QED) is 0.209. The number of carbonyl (C=O) groups is 2. The number of anilines is 3. The predicted octanol–water partition coefficient (Wildman–Crippen LogP) is 7.74. The number of carbonyl (C=O) groups excluding carboxylic acids is 1. The number of hydrogen-bond donors (Lipinski definition) is 1. The first-order valence-electron chi connectivity index (χ1n) is 15.0. The van der Waals surface area contributed by atoms with E-state index >= 15 is 0 Å². The van der Waals surface area contributed by atoms with Gasteiger partial charge in [0.15, 0.2) is 5.71 Å². The largest absolute Gasteiger partial charge is 0.476 e. The van der Waals surface area contributed by atoms with Gasteiger partial charge in [0.2, 0.25) is 0 Å². The van der Waals surface area contributed by atoms with Gasteiger partial charge in [0.05, 0.1) is 22.3 Å². The molecule has 0 fully saturated rings. The first-order chi connectivity index (χ1) is 22.1. The molecule has 0 unspecified atom stereocenters. The minimum atomic E-state index is -1.24. The Morgan fingerprint density at radius 3 is 2.22 bits per heavy atom. The maximum absolute atomic E-state index is 13.3. The van der Waals surface area contributed by atoms with E-state index in [4.69, 9.17) is 0 Å². The summed E-state index contributed by atoms with van der Waals surface area (Å²) < 4.78 is 2.33. The van der Waals surface area contributed by atoms with E-state index in [2.05, 4.69) is 93.4 Å². The van der Waals surface area contributed by atoms with Crippen molar-refractivity contribution >= 4 is 62.5 Å². The lowest BCUT2D eigenvalue weighted by molar-refractivity contribution is -0.129. The molecule has 0 bridgehead atoms. The first-order valence-corrected chi connectivity index (χ1v) is 15.0. The van der Waals surface area contributed by atoms with Crippen molar-refractivity contribution in [3.63, 3.8) is 0 Å². The number of fused-ring (bicyclic) bond motifs is 4. The van der Waals surface area contributed by atoms with Crippen LogP contribution >= 0.6 is 0 Å². The Bertz CT molecular complexity index is 2200. The lowest BCUT2D eigenvalue weighted by Crippen LogP contribution is -2.24. The summed E-state index contributed by atoms with van der Waals surface area (Å²) in [5, 5.41) is 17.6. The number of hydrazone groups is 1. The molecule has 0 atom stereocenters. The molecule has 8 rings (SSSR count). The number of nitrogens with zero attached hydrogens (tertiary/aromatic N) is 4. The molecule has 2 aliphatic rings. The third kappa shape index (κ3) is 4.48. The molecule has 7 heteroatoms. The van der Waals surface area contributed by atoms with E-state index in [1.807, 2.05) is 18.2 Å². The second-order valence-corrected chi connectivity index (χ2v) is 11.3. The number of aromatic nitrogens is 1. The van der Waals surface area contributed by atoms with Crippen molar-refractivity contribution in [1.29, 1.82) is 0 Å². The van der Waals surface area contributed by atoms with Crippen LogP contribution < -0.4 is 9.91 Å². The average Bonchev–Trinajstić information content (AvgIpc) is 3.59. The van der Waals surface area contributed by atoms with E-state index in [0.717, 1.165) is 58.1 Å². The van der Waals surface area contributed by atoms with E-state index in [1.165, 1.54) is 16.3 Å². The smallest absolute Gasteiger partial charge is 0.357 e. The molecule has 0 radical (unpaired) electrons. The van der Waals surface area contributed by atoms with Gasteiger partial charge in [-0.15, -0.1) is 0 Å². The van der Waals surface area contributed by atoms with Crippen LogP contribution in [0, 0.1) is 0 Å². The van der Waals surface area contributed by atoms with Crippen LogP contribution in [0.2, 0.25) is 0 Å². The summed E-state index contributed by atoms with van der Waals surface area (Å²) in [4.78, 5) is 27.7. The fourth-order valence-electron chi connectivity index (χ4n) is 6.57. The molecular weight excluding hydrogens is 560 g/mol. The SMILES string of the molecule is O=C(O)C1=NN(c2ccccc2)C(=O)/C1=C\c1ccc2c(c1)CCCN2c1ccc2c3ccccc3n(-c3ccccc3)c2c1. The summed E-state index contributed by atoms with van der Waals surface area (Å²) in [6, 6.07) is 40.6. The van der Waals surface area contributed by atoms with Crippen LogP contribution in [0.25, 0.3) is 33.6 Å². The molecular formula is C38H28N4O3. The molecule has 0 saturated carbocycles. The molecule has 0 spiro atoms. The molecule has 0 saturated heterocycles. The molecule has 1 aromatic heterocycles. The third-order valence-corrected chi connectivity index (χ3v) is 8.60. The van der Waals surface area contributed by atoms with E-state index in [-0.39, 0.29) is 11.3 Å². The average molecular weight is 589 g/mol. The first kappa shape index (κ1) is 26.7. The fourth-order valence-corrected chi connectivity index (χ4v) is 6.57. The van der Waals surface area contributed by atoms with Gasteiger partial charge in [-0.25, -0.2) is 4.79 Å². The molecule has 1 amide bonds. The standard InChI is InChI=1S/C38H28N4O3/c43-37-32(36(38(44)45)39-42(37)28-13-5-2-6-14-28)23-25-17-20-33-26(22-25)10-9-21-40(33)29-18-19-31-30-15-7-8-16-34(30)41(35(31)24-29)27-11-3-1-4-12-27/h1-8,11-20,22-24H,9-10,21H2,(H,44,45)/b32-23-. The van der Waals surface area contributed by atoms with Gasteiger partial charge in [-0.2, -0.15) is 10.1 Å². The number of hydrogen-bond acceptors (Lipinski definition) is 4. The van der Waals surface area contributed by atoms with Gasteiger partial charge in [0.25, 0.3) is 5.91 Å². The minimum absolute atomic E-state index is 0.0677. The van der Waals surface area contributed by atoms with E-state index in [9.17, 15) is 14.7 Å². The second-order valence-electron chi connectivity index (χ2n) is 11.3. The summed E-state index contributed by atoms with van der Waals surface area (Å²) in [7, 11) is 0. The molecule has 218 valence electrons. The zero-order valence-corrected chi connectivity index (χ0v) is 24.3. The highest BCUT2D eigenvalue weighted by atomic mass is 16.4. The van der Waals surface area contributed by atoms with Gasteiger partial charge >= 0.3 is 5.97 Å². The van der Waals surface area contributed by atoms with Gasteiger partial charge in [0.1, 0.15) is 0 Å². The van der Waals surface area contributed by atoms with Crippen molar-refractivity contribution in [2.24, 2.45) is 5.10 Å². The number of aliphatic carboxylic acids is 1. The Kier molecular flexibility index (Phi) is 6.31. The molecule has 3 heterocycles. The van der Waals surface area contributed by atoms with Gasteiger partial charge in [0, 0.05) is 34.4 Å². The Morgan fingerprint density at radius 1 is 0.733 bits per heavy atom. The Balaban J connectivity index is 1.18. The second kappa shape index (κ2) is 10.6. The summed E-state index contributed by atoms with van der Waals surface area (Å²) >= 11 is 0. The summed E-state index contributed by atoms with van der Waals surface area (Å²) in [5.74, 6) is -1.69. The topological polar surface area (TPSA) is 78.1 Å². The van der Waals surface area contributed by atoms with Gasteiger partial charge in [-0.3, -0.25) is 4.79 Å². The van der Waals surface area contributed by atoms with Crippen LogP contribution in [0.5, 0.6) is 0 Å². The molecule has 45 heavy (non-hydrogen) atoms. The lowest BCUT2D eigenvalue weighted by Gasteiger charge is -2.32. The third-order valence-electron chi connectivity index (χ3n) is 8.60. The van der Waals surface area contributed by atoms with E-state index in [0.29, 0.717) is 5.69 Å². The monoisotopic (exact) mass is 588 g/mol. The van der Waals surface area contributed by atoms with Crippen LogP contribution in [0.4, 0.5) is 17.1 Å². The zero-order chi connectivity index (χ0) is 30.5. The van der Waals surface area contributed by atoms with Crippen molar-refractivity contribution in [2.75, 3.05) is 16.5 Å². The molecule has 6 aromatic rings. The normalized spacial score (nSPS) is 15.6. The van der Waals surface area contributed by atoms with Crippen molar-refractivity contribution < 1.29 is 14.7 Å². The van der Waals surface area contributed by atoms with Gasteiger partial charge < -0.3 is 14.6 Å². The van der Waals surface area contributed by atoms with E-state index in [1.54, 1.807) is 30.3 Å². The number of benzene rings is 5. The fraction of sp³-hybridized carbons (Fsp3) is 0.0789. The maximum atomic E-state index is 13.3. The summed E-state index contributed by atoms with van der Waals surface area (Å²) in [5.41, 5.74) is 7.91. The Morgan fingerprint density at radius 2 is 1.44 bits per heavy atom. The summed E-state index contributed by atoms with van der Waals surface area (Å²) in [6.45, 7) is 0.880. The zero-order valence-electron chi connectivity index (χ0n) is 24.3. The lowest BCUT2D eigenvalue weighted by atomic mass is 9.97. The van der Waals surface area contributed by atoms with Gasteiger partial charge in [-0.05, 0) is 84.6 Å². The van der Waals surface area contributed by atoms with Crippen LogP contribution in [0.15, 0.2) is 132 Å². The van der Waals surface area contributed by atoms with Crippen LogP contribution in [0.3, 0.4) is 0 Å². The van der Waals surface area contributed by atoms with Crippen molar-refractivity contribution in [1.82, 2.24) is 4.57 Å². The highest BCUT2D eigenvalue weighted by Crippen LogP contribution is 2.39. The van der Waals surface area contributed by atoms with E-state index < -0.39 is 11.9 Å². The number of para-hydroxylation sites is 3. The molecule has 1 N–H and O–H groups in total. The van der Waals surface area contributed by atoms with Crippen LogP contribution in [-0.4, -0.2) is 33.8 Å². The van der Waals surface area contributed by atoms with Crippen molar-refractivity contribution in [2.45, 2.75) is 12.8 Å². The Labute approximate surface area is 259 Å². The number of carboxylic acids is 1. The Hall–Kier alpha value is -5.95. The minimum Gasteiger partial charge on any atom is -0.476 e. The molecule has 7 nitrogen and oxygen atoms in total. The van der Waals surface area contributed by atoms with Crippen LogP contribution in [0.1, 0.15) is 17.5 Å². The number of rotatable bonds is 5. The van der Waals surface area contributed by atoms with Crippen molar-refractivity contribution in [3.05, 3.63) is 138 Å². The molecule has 0 aliphatic carbocycles. The van der Waals surface area contributed by atoms with Crippen molar-refractivity contribution in [3.8, 4) is 5.69 Å². The molecule has 2 aliphatic heterocycles. The molecule has 5 aromatic carbocycles. The predicted molar refractivity (Wildman–Crippen MR) is 180 cm³/mol. The number of amides is 1. The summed E-state index contributed by atoms with van der Waals surface area (Å²) in [6.07, 6.45) is 3.50. The highest BCUT2D eigenvalue weighted by Gasteiger charge is 2.35. The van der Waals surface area contributed by atoms with Crippen LogP contribution in [-0.2, 0) is 16.0 Å². The number of aryl methyl sites for hydroxylation is 1. The highest BCUT2D eigenvalue weighted by molar-refractivity contribution is 6.53.